The summed E-state index contributed by atoms with van der Waals surface area (Å²) in [6.45, 7) is 2.86. The predicted molar refractivity (Wildman–Crippen MR) is 300 cm³/mol. The van der Waals surface area contributed by atoms with Crippen molar-refractivity contribution >= 4 is 91.8 Å². The molecular formula is C55H97NNa2O15S2. The molecule has 426 valence electrons. The summed E-state index contributed by atoms with van der Waals surface area (Å²) < 4.78 is 91.6. The number of unbranched alkanes of at least 4 members (excludes halogenated alkanes) is 28. The Kier molecular flexibility index (Phi) is 46.4. The number of nitrogens with one attached hydrogen (secondary N) is 1. The van der Waals surface area contributed by atoms with E-state index in [1.807, 2.05) is 6.08 Å². The van der Waals surface area contributed by atoms with Crippen molar-refractivity contribution in [3.8, 4) is 0 Å². The molecule has 0 unspecified atom stereocenters. The number of carbonyl (C=O) groups is 2. The van der Waals surface area contributed by atoms with E-state index in [1.54, 1.807) is 36.4 Å². The Labute approximate surface area is 496 Å². The third-order valence-electron chi connectivity index (χ3n) is 13.2. The molecule has 2 rings (SSSR count). The molecular weight excluding hydrogens is 1020 g/mol. The van der Waals surface area contributed by atoms with E-state index in [9.17, 15) is 41.2 Å². The van der Waals surface area contributed by atoms with Gasteiger partial charge in [0.1, 0.15) is 24.4 Å². The third-order valence-corrected chi connectivity index (χ3v) is 14.1. The van der Waals surface area contributed by atoms with Crippen LogP contribution in [0.15, 0.2) is 54.6 Å². The van der Waals surface area contributed by atoms with Gasteiger partial charge in [0.25, 0.3) is 0 Å². The second kappa shape index (κ2) is 46.9. The second-order valence-corrected chi connectivity index (χ2v) is 21.8. The van der Waals surface area contributed by atoms with Crippen LogP contribution in [-0.2, 0) is 48.2 Å². The zero-order chi connectivity index (χ0) is 53.4. The zero-order valence-electron chi connectivity index (χ0n) is 44.4. The maximum absolute atomic E-state index is 13.7. The molecule has 0 aromatic heterocycles. The van der Waals surface area contributed by atoms with Crippen molar-refractivity contribution in [3.63, 3.8) is 0 Å². The Hall–Kier alpha value is -0.780. The molecule has 1 aromatic rings. The van der Waals surface area contributed by atoms with Crippen LogP contribution in [0.1, 0.15) is 230 Å². The van der Waals surface area contributed by atoms with Crippen LogP contribution in [0.4, 0.5) is 0 Å². The fraction of sp³-hybridized carbons (Fsp3) is 0.782. The van der Waals surface area contributed by atoms with Crippen molar-refractivity contribution in [1.29, 1.82) is 0 Å². The molecule has 1 fully saturated rings. The number of esters is 1. The van der Waals surface area contributed by atoms with E-state index < -0.39 is 82.8 Å². The predicted octanol–water partition coefficient (Wildman–Crippen LogP) is 10.5. The summed E-state index contributed by atoms with van der Waals surface area (Å²) in [5.41, 5.74) is 0.241. The molecule has 5 N–H and O–H groups in total. The number of allylic oxidation sites excluding steroid dienone is 3. The van der Waals surface area contributed by atoms with Gasteiger partial charge >= 0.3 is 85.9 Å². The standard InChI is InChI=1S/C55H95NO15S2.2Na.2H/c1-3-5-7-9-11-13-15-17-18-19-20-21-22-23-24-26-28-30-32-34-39-43-50(57)56-47(44-67-55-53(71-73(64,65)66)52(59)51(58)49(70-55)45-68-72(61,62)63)48(69-54(60)46-40-36-35-37-41-46)42-38-33-31-29-27-25-16-14-12-10-8-6-4-2;;;;/h17-18,35-38,40-42,47-49,51-53,55,58-59H,3-16,19-34,39,43-45H2,1-2H3,(H,56,57)(H,61,62,63)(H,64,65,66);;;;/b18-17-,42-38+;;;;/t47-,48+,49+,51-,52-,53+,55+;;;;/m0..../s1. The number of aliphatic hydroxyl groups excluding tert-OH is 2. The quantitative estimate of drug-likeness (QED) is 0.0134. The van der Waals surface area contributed by atoms with Crippen molar-refractivity contribution in [2.24, 2.45) is 0 Å². The van der Waals surface area contributed by atoms with Crippen molar-refractivity contribution in [2.75, 3.05) is 13.2 Å². The summed E-state index contributed by atoms with van der Waals surface area (Å²) in [6, 6.07) is 7.09. The van der Waals surface area contributed by atoms with E-state index in [1.165, 1.54) is 135 Å². The molecule has 0 aliphatic carbocycles. The number of amides is 1. The van der Waals surface area contributed by atoms with Crippen molar-refractivity contribution in [1.82, 2.24) is 5.32 Å². The molecule has 75 heavy (non-hydrogen) atoms. The Balaban J connectivity index is 0.0000274. The molecule has 1 aliphatic heterocycles. The van der Waals surface area contributed by atoms with E-state index in [0.29, 0.717) is 12.8 Å². The topological polar surface area (TPSA) is 242 Å². The van der Waals surface area contributed by atoms with Crippen LogP contribution in [0.2, 0.25) is 0 Å². The van der Waals surface area contributed by atoms with E-state index in [0.717, 1.165) is 51.4 Å². The Bertz CT molecular complexity index is 1840. The van der Waals surface area contributed by atoms with Gasteiger partial charge in [-0.05, 0) is 63.2 Å². The molecule has 20 heteroatoms. The number of rotatable bonds is 46. The van der Waals surface area contributed by atoms with Crippen LogP contribution in [0.25, 0.3) is 0 Å². The van der Waals surface area contributed by atoms with Gasteiger partial charge in [-0.25, -0.2) is 13.2 Å². The first-order chi connectivity index (χ1) is 35.1. The average Bonchev–Trinajstić information content (AvgIpc) is 3.35. The molecule has 7 atom stereocenters. The summed E-state index contributed by atoms with van der Waals surface area (Å²) >= 11 is 0. The van der Waals surface area contributed by atoms with Gasteiger partial charge in [-0.1, -0.05) is 204 Å². The molecule has 16 nitrogen and oxygen atoms in total. The number of hydrogen-bond acceptors (Lipinski definition) is 13. The van der Waals surface area contributed by atoms with Crippen molar-refractivity contribution in [3.05, 3.63) is 60.2 Å². The van der Waals surface area contributed by atoms with Gasteiger partial charge in [-0.15, -0.1) is 0 Å². The van der Waals surface area contributed by atoms with Crippen LogP contribution in [0, 0.1) is 0 Å². The van der Waals surface area contributed by atoms with Gasteiger partial charge in [-0.2, -0.15) is 16.8 Å². The van der Waals surface area contributed by atoms with Gasteiger partial charge in [0, 0.05) is 6.42 Å². The van der Waals surface area contributed by atoms with E-state index >= 15 is 0 Å². The van der Waals surface area contributed by atoms with Gasteiger partial charge in [0.15, 0.2) is 12.4 Å². The van der Waals surface area contributed by atoms with Gasteiger partial charge in [0.2, 0.25) is 5.91 Å². The summed E-state index contributed by atoms with van der Waals surface area (Å²) in [4.78, 5) is 27.2. The van der Waals surface area contributed by atoms with Crippen LogP contribution >= 0.6 is 0 Å². The van der Waals surface area contributed by atoms with Gasteiger partial charge in [-0.3, -0.25) is 13.9 Å². The Morgan fingerprint density at radius 2 is 1.05 bits per heavy atom. The van der Waals surface area contributed by atoms with Crippen LogP contribution in [0.3, 0.4) is 0 Å². The van der Waals surface area contributed by atoms with E-state index in [-0.39, 0.29) is 77.0 Å². The molecule has 0 spiro atoms. The Morgan fingerprint density at radius 3 is 1.51 bits per heavy atom. The zero-order valence-corrected chi connectivity index (χ0v) is 46.0. The first-order valence-electron chi connectivity index (χ1n) is 27.9. The summed E-state index contributed by atoms with van der Waals surface area (Å²) in [5, 5.41) is 24.4. The van der Waals surface area contributed by atoms with E-state index in [2.05, 4.69) is 39.7 Å². The molecule has 1 amide bonds. The molecule has 1 heterocycles. The van der Waals surface area contributed by atoms with Gasteiger partial charge < -0.3 is 29.7 Å². The van der Waals surface area contributed by atoms with Crippen LogP contribution in [0.5, 0.6) is 0 Å². The van der Waals surface area contributed by atoms with Gasteiger partial charge in [0.05, 0.1) is 24.8 Å². The number of hydrogen-bond donors (Lipinski definition) is 5. The van der Waals surface area contributed by atoms with E-state index in [4.69, 9.17) is 18.8 Å². The summed E-state index contributed by atoms with van der Waals surface area (Å²) in [7, 11) is -10.3. The fourth-order valence-electron chi connectivity index (χ4n) is 8.86. The molecule has 1 saturated heterocycles. The first-order valence-corrected chi connectivity index (χ1v) is 30.7. The molecule has 1 aromatic carbocycles. The minimum atomic E-state index is -5.30. The van der Waals surface area contributed by atoms with Crippen LogP contribution < -0.4 is 5.32 Å². The maximum atomic E-state index is 13.7. The average molecular weight is 1120 g/mol. The second-order valence-electron chi connectivity index (χ2n) is 19.7. The normalized spacial score (nSPS) is 18.9. The first kappa shape index (κ1) is 74.2. The van der Waals surface area contributed by atoms with Crippen LogP contribution in [-0.4, -0.2) is 163 Å². The number of carbonyl (C=O) groups excluding carboxylic acids is 2. The Morgan fingerprint density at radius 1 is 0.613 bits per heavy atom. The van der Waals surface area contributed by atoms with Crippen molar-refractivity contribution < 1.29 is 68.3 Å². The number of ether oxygens (including phenoxy) is 3. The molecule has 1 aliphatic rings. The summed E-state index contributed by atoms with van der Waals surface area (Å²) in [5.74, 6) is -1.08. The number of benzene rings is 1. The SMILES string of the molecule is CCCCCCCC/C=C\CCCCCCCCCCCCCC(=O)N[C@@H](CO[C@@H]1O[C@H](COS(=O)(=O)O)[C@H](O)[C@H](O)[C@H]1OS(=O)(=O)O)[C@@H](/C=C/CCCCCCCCCCCCC)OC(=O)c1ccccc1.[NaH].[NaH]. The van der Waals surface area contributed by atoms with Crippen molar-refractivity contribution in [2.45, 2.75) is 262 Å². The number of aliphatic hydroxyl groups is 2. The minimum absolute atomic E-state index is 0. The molecule has 0 bridgehead atoms. The molecule has 0 radical (unpaired) electrons. The molecule has 0 saturated carbocycles. The third kappa shape index (κ3) is 39.3. The fourth-order valence-corrected chi connectivity index (χ4v) is 9.66. The summed E-state index contributed by atoms with van der Waals surface area (Å²) in [6.07, 6.45) is 33.1. The monoisotopic (exact) mass is 1120 g/mol.